The van der Waals surface area contributed by atoms with Gasteiger partial charge in [0, 0.05) is 36.7 Å². The highest BCUT2D eigenvalue weighted by atomic mass is 35.5. The zero-order valence-corrected chi connectivity index (χ0v) is 24.8. The first-order valence-corrected chi connectivity index (χ1v) is 15.0. The second kappa shape index (κ2) is 11.4. The molecule has 1 saturated heterocycles. The molecule has 1 aliphatic heterocycles. The third-order valence-corrected chi connectivity index (χ3v) is 8.99. The van der Waals surface area contributed by atoms with Crippen molar-refractivity contribution in [3.05, 3.63) is 22.0 Å². The number of nitrogens with one attached hydrogen (secondary N) is 1. The van der Waals surface area contributed by atoms with E-state index in [1.165, 1.54) is 0 Å². The van der Waals surface area contributed by atoms with Gasteiger partial charge in [-0.1, -0.05) is 29.6 Å². The molecule has 3 aliphatic rings. The third kappa shape index (κ3) is 5.54. The number of aliphatic hydroxyl groups excluding tert-OH is 2. The van der Waals surface area contributed by atoms with Crippen LogP contribution in [-0.4, -0.2) is 73.3 Å². The number of carbonyl (C=O) groups is 1. The summed E-state index contributed by atoms with van der Waals surface area (Å²) in [6, 6.07) is -0.264. The quantitative estimate of drug-likeness (QED) is 0.405. The molecule has 1 spiro atoms. The minimum atomic E-state index is -0.576. The molecule has 1 unspecified atom stereocenters. The van der Waals surface area contributed by atoms with Crippen LogP contribution in [0.15, 0.2) is 4.52 Å². The Hall–Kier alpha value is -2.43. The SMILES string of the molecule is CC(Nc1nc(-c2noc3c2CCC[C@@]32CCCC[C@@H]2O)nc(Cl)c1CCO)[C@@H]1CCCN1C(=O)OC(C)(C)C. The van der Waals surface area contributed by atoms with Crippen molar-refractivity contribution < 1.29 is 24.3 Å². The summed E-state index contributed by atoms with van der Waals surface area (Å²) in [5, 5.41) is 28.9. The van der Waals surface area contributed by atoms with E-state index in [1.54, 1.807) is 4.90 Å². The number of hydrogen-bond acceptors (Lipinski definition) is 9. The molecule has 2 aromatic rings. The van der Waals surface area contributed by atoms with Gasteiger partial charge in [-0.05, 0) is 72.6 Å². The van der Waals surface area contributed by atoms with Crippen LogP contribution in [0.25, 0.3) is 11.5 Å². The Bertz CT molecular complexity index is 1230. The fourth-order valence-electron chi connectivity index (χ4n) is 6.77. The maximum atomic E-state index is 12.9. The van der Waals surface area contributed by atoms with Crippen molar-refractivity contribution in [2.24, 2.45) is 0 Å². The van der Waals surface area contributed by atoms with Crippen molar-refractivity contribution in [3.8, 4) is 11.5 Å². The number of rotatable bonds is 6. The van der Waals surface area contributed by atoms with Crippen LogP contribution in [0.1, 0.15) is 95.9 Å². The van der Waals surface area contributed by atoms with Crippen molar-refractivity contribution in [3.63, 3.8) is 0 Å². The summed E-state index contributed by atoms with van der Waals surface area (Å²) in [4.78, 5) is 24.1. The van der Waals surface area contributed by atoms with Crippen LogP contribution in [0.2, 0.25) is 5.15 Å². The molecule has 11 heteroatoms. The lowest BCUT2D eigenvalue weighted by atomic mass is 9.63. The van der Waals surface area contributed by atoms with Crippen molar-refractivity contribution >= 4 is 23.5 Å². The van der Waals surface area contributed by atoms with E-state index < -0.39 is 17.1 Å². The molecule has 0 bridgehead atoms. The fourth-order valence-corrected chi connectivity index (χ4v) is 7.03. The second-order valence-electron chi connectivity index (χ2n) is 12.6. The molecular weight excluding hydrogens is 534 g/mol. The van der Waals surface area contributed by atoms with Crippen LogP contribution >= 0.6 is 11.6 Å². The van der Waals surface area contributed by atoms with Gasteiger partial charge in [-0.15, -0.1) is 0 Å². The van der Waals surface area contributed by atoms with Gasteiger partial charge in [0.1, 0.15) is 22.3 Å². The van der Waals surface area contributed by atoms with Gasteiger partial charge in [0.25, 0.3) is 0 Å². The van der Waals surface area contributed by atoms with Crippen LogP contribution < -0.4 is 5.32 Å². The molecule has 0 radical (unpaired) electrons. The summed E-state index contributed by atoms with van der Waals surface area (Å²) < 4.78 is 11.6. The van der Waals surface area contributed by atoms with E-state index in [4.69, 9.17) is 25.8 Å². The number of anilines is 1. The molecule has 1 saturated carbocycles. The van der Waals surface area contributed by atoms with Gasteiger partial charge in [0.15, 0.2) is 11.5 Å². The Balaban J connectivity index is 1.46. The summed E-state index contributed by atoms with van der Waals surface area (Å²) >= 11 is 6.69. The summed E-state index contributed by atoms with van der Waals surface area (Å²) in [7, 11) is 0. The summed E-state index contributed by atoms with van der Waals surface area (Å²) in [6.07, 6.45) is 7.52. The van der Waals surface area contributed by atoms with Gasteiger partial charge in [0.2, 0.25) is 0 Å². The number of likely N-dealkylation sites (tertiary alicyclic amines) is 1. The zero-order valence-electron chi connectivity index (χ0n) is 24.0. The number of ether oxygens (including phenoxy) is 1. The zero-order chi connectivity index (χ0) is 28.7. The van der Waals surface area contributed by atoms with Gasteiger partial charge in [-0.3, -0.25) is 0 Å². The highest BCUT2D eigenvalue weighted by molar-refractivity contribution is 6.30. The first-order valence-electron chi connectivity index (χ1n) is 14.6. The molecule has 2 fully saturated rings. The Kier molecular flexibility index (Phi) is 8.32. The minimum absolute atomic E-state index is 0.0959. The highest BCUT2D eigenvalue weighted by Crippen LogP contribution is 2.49. The maximum Gasteiger partial charge on any atom is 0.410 e. The molecule has 3 heterocycles. The molecule has 4 atom stereocenters. The Morgan fingerprint density at radius 1 is 1.23 bits per heavy atom. The molecule has 1 amide bonds. The standard InChI is InChI=1S/C29H42ClN5O5/c1-17(20-10-8-15-35(20)27(38)39-28(2,3)4)31-25-19(12-16-36)24(30)32-26(33-25)22-18-9-7-14-29(23(18)40-34-22)13-6-5-11-21(29)37/h17,20-21,36-37H,5-16H2,1-4H3,(H,31,32,33)/t17?,20-,21-,29+/m0/s1. The summed E-state index contributed by atoms with van der Waals surface area (Å²) in [6.45, 7) is 8.12. The van der Waals surface area contributed by atoms with E-state index >= 15 is 0 Å². The molecule has 40 heavy (non-hydrogen) atoms. The van der Waals surface area contributed by atoms with Crippen molar-refractivity contribution in [1.82, 2.24) is 20.0 Å². The Labute approximate surface area is 240 Å². The molecule has 5 rings (SSSR count). The predicted molar refractivity (Wildman–Crippen MR) is 151 cm³/mol. The summed E-state index contributed by atoms with van der Waals surface area (Å²) in [5.41, 5.74) is 1.13. The number of aromatic nitrogens is 3. The number of fused-ring (bicyclic) bond motifs is 2. The van der Waals surface area contributed by atoms with Gasteiger partial charge >= 0.3 is 6.09 Å². The molecule has 2 aromatic heterocycles. The van der Waals surface area contributed by atoms with Crippen LogP contribution in [0, 0.1) is 0 Å². The number of hydrogen-bond donors (Lipinski definition) is 3. The lowest BCUT2D eigenvalue weighted by Gasteiger charge is -2.42. The highest BCUT2D eigenvalue weighted by Gasteiger charge is 2.48. The molecule has 220 valence electrons. The number of amides is 1. The van der Waals surface area contributed by atoms with Crippen LogP contribution in [-0.2, 0) is 23.0 Å². The van der Waals surface area contributed by atoms with Gasteiger partial charge in [-0.25, -0.2) is 14.8 Å². The van der Waals surface area contributed by atoms with E-state index in [2.05, 4.69) is 15.5 Å². The first-order chi connectivity index (χ1) is 19.0. The molecule has 3 N–H and O–H groups in total. The number of halogens is 1. The lowest BCUT2D eigenvalue weighted by molar-refractivity contribution is 0.0149. The minimum Gasteiger partial charge on any atom is -0.444 e. The average Bonchev–Trinajstić information content (AvgIpc) is 3.55. The predicted octanol–water partition coefficient (Wildman–Crippen LogP) is 5.03. The summed E-state index contributed by atoms with van der Waals surface area (Å²) in [5.74, 6) is 1.62. The molecular formula is C29H42ClN5O5. The fraction of sp³-hybridized carbons (Fsp3) is 0.724. The third-order valence-electron chi connectivity index (χ3n) is 8.68. The van der Waals surface area contributed by atoms with E-state index in [-0.39, 0.29) is 36.4 Å². The van der Waals surface area contributed by atoms with Gasteiger partial charge < -0.3 is 29.7 Å². The lowest BCUT2D eigenvalue weighted by Crippen LogP contribution is -2.46. The average molecular weight is 576 g/mol. The van der Waals surface area contributed by atoms with Gasteiger partial charge in [-0.2, -0.15) is 0 Å². The van der Waals surface area contributed by atoms with Crippen molar-refractivity contribution in [1.29, 1.82) is 0 Å². The van der Waals surface area contributed by atoms with E-state index in [9.17, 15) is 15.0 Å². The monoisotopic (exact) mass is 575 g/mol. The number of nitrogens with zero attached hydrogens (tertiary/aromatic N) is 4. The van der Waals surface area contributed by atoms with Crippen molar-refractivity contribution in [2.75, 3.05) is 18.5 Å². The molecule has 10 nitrogen and oxygen atoms in total. The van der Waals surface area contributed by atoms with Crippen LogP contribution in [0.4, 0.5) is 10.6 Å². The van der Waals surface area contributed by atoms with Gasteiger partial charge in [0.05, 0.1) is 17.6 Å². The first kappa shape index (κ1) is 29.1. The topological polar surface area (TPSA) is 134 Å². The second-order valence-corrected chi connectivity index (χ2v) is 12.9. The maximum absolute atomic E-state index is 12.9. The van der Waals surface area contributed by atoms with E-state index in [1.807, 2.05) is 27.7 Å². The van der Waals surface area contributed by atoms with E-state index in [0.717, 1.165) is 69.1 Å². The van der Waals surface area contributed by atoms with E-state index in [0.29, 0.717) is 29.4 Å². The normalized spacial score (nSPS) is 25.6. The van der Waals surface area contributed by atoms with Crippen LogP contribution in [0.5, 0.6) is 0 Å². The number of carbonyl (C=O) groups excluding carboxylic acids is 1. The van der Waals surface area contributed by atoms with Crippen molar-refractivity contribution in [2.45, 2.75) is 121 Å². The molecule has 2 aliphatic carbocycles. The largest absolute Gasteiger partial charge is 0.444 e. The van der Waals surface area contributed by atoms with Crippen LogP contribution in [0.3, 0.4) is 0 Å². The smallest absolute Gasteiger partial charge is 0.410 e. The number of aliphatic hydroxyl groups is 2. The Morgan fingerprint density at radius 3 is 2.73 bits per heavy atom. The molecule has 0 aromatic carbocycles. The Morgan fingerprint density at radius 2 is 2.00 bits per heavy atom.